The van der Waals surface area contributed by atoms with Crippen LogP contribution in [0.1, 0.15) is 17.3 Å². The van der Waals surface area contributed by atoms with E-state index in [4.69, 9.17) is 4.89 Å². The first kappa shape index (κ1) is 16.6. The van der Waals surface area contributed by atoms with Gasteiger partial charge >= 0.3 is 5.97 Å². The number of carboxylic acids is 1. The van der Waals surface area contributed by atoms with Crippen LogP contribution in [0.5, 0.6) is 0 Å². The molecule has 0 radical (unpaired) electrons. The molecule has 2 aromatic rings. The zero-order valence-electron chi connectivity index (χ0n) is 12.7. The Balaban J connectivity index is 2.29. The van der Waals surface area contributed by atoms with E-state index in [-0.39, 0.29) is 12.4 Å². The molecule has 1 heterocycles. The second-order valence-corrected chi connectivity index (χ2v) is 4.91. The van der Waals surface area contributed by atoms with Gasteiger partial charge in [0.25, 0.3) is 0 Å². The summed E-state index contributed by atoms with van der Waals surface area (Å²) in [6.07, 6.45) is 0. The van der Waals surface area contributed by atoms with Gasteiger partial charge in [-0.25, -0.2) is 14.8 Å². The van der Waals surface area contributed by atoms with E-state index in [1.165, 1.54) is 7.11 Å². The molecule has 0 aliphatic carbocycles. The van der Waals surface area contributed by atoms with Gasteiger partial charge in [-0.2, -0.15) is 10.4 Å². The fourth-order valence-corrected chi connectivity index (χ4v) is 2.07. The molecule has 8 heteroatoms. The number of carboxylic acid groups (broad SMARTS) is 1. The van der Waals surface area contributed by atoms with Crippen LogP contribution in [0.25, 0.3) is 11.4 Å². The molecule has 1 aromatic carbocycles. The summed E-state index contributed by atoms with van der Waals surface area (Å²) in [5.74, 6) is -2.88. The van der Waals surface area contributed by atoms with Crippen molar-refractivity contribution in [1.82, 2.24) is 15.2 Å². The highest BCUT2D eigenvalue weighted by Gasteiger charge is 2.33. The van der Waals surface area contributed by atoms with Crippen molar-refractivity contribution in [3.8, 4) is 17.5 Å². The Labute approximate surface area is 132 Å². The number of nitrogens with zero attached hydrogens (tertiary/aromatic N) is 3. The smallest absolute Gasteiger partial charge is 0.315 e. The monoisotopic (exact) mass is 316 g/mol. The molecule has 0 saturated heterocycles. The number of aliphatic carboxylic acids is 1. The van der Waals surface area contributed by atoms with Crippen molar-refractivity contribution >= 4 is 5.97 Å². The first-order valence-corrected chi connectivity index (χ1v) is 6.84. The molecule has 0 saturated carbocycles. The standard InChI is InChI=1S/C15H16N4O4/c1-9-3-5-10(6-4-9)13-17-14(19-18-13)12(15(20)21)11(7-16)8-23-22-2/h3-6,11-12H,8H2,1-2H3,(H,20,21)(H,17,18,19). The Hall–Kier alpha value is -2.76. The lowest BCUT2D eigenvalue weighted by Gasteiger charge is -2.14. The zero-order valence-corrected chi connectivity index (χ0v) is 12.7. The van der Waals surface area contributed by atoms with Gasteiger partial charge in [0.1, 0.15) is 11.7 Å². The fourth-order valence-electron chi connectivity index (χ4n) is 2.07. The molecule has 2 N–H and O–H groups in total. The number of rotatable bonds is 7. The van der Waals surface area contributed by atoms with Crippen LogP contribution in [0.4, 0.5) is 0 Å². The fraction of sp³-hybridized carbons (Fsp3) is 0.333. The summed E-state index contributed by atoms with van der Waals surface area (Å²) in [4.78, 5) is 24.9. The van der Waals surface area contributed by atoms with Gasteiger partial charge in [0, 0.05) is 5.56 Å². The van der Waals surface area contributed by atoms with Gasteiger partial charge in [-0.15, -0.1) is 0 Å². The molecule has 2 atom stereocenters. The van der Waals surface area contributed by atoms with E-state index < -0.39 is 17.8 Å². The number of benzene rings is 1. The van der Waals surface area contributed by atoms with Crippen LogP contribution in [0.3, 0.4) is 0 Å². The second kappa shape index (κ2) is 7.49. The van der Waals surface area contributed by atoms with E-state index in [2.05, 4.69) is 20.1 Å². The summed E-state index contributed by atoms with van der Waals surface area (Å²) < 4.78 is 0. The lowest BCUT2D eigenvalue weighted by Crippen LogP contribution is -2.25. The Bertz CT molecular complexity index is 705. The maximum absolute atomic E-state index is 11.5. The minimum absolute atomic E-state index is 0.0966. The minimum atomic E-state index is -1.19. The van der Waals surface area contributed by atoms with Crippen LogP contribution in [-0.2, 0) is 14.6 Å². The molecule has 2 unspecified atom stereocenters. The predicted molar refractivity (Wildman–Crippen MR) is 79.0 cm³/mol. The molecule has 0 amide bonds. The van der Waals surface area contributed by atoms with Crippen molar-refractivity contribution < 1.29 is 19.7 Å². The molecule has 0 aliphatic rings. The lowest BCUT2D eigenvalue weighted by atomic mass is 9.94. The quantitative estimate of drug-likeness (QED) is 0.588. The van der Waals surface area contributed by atoms with Crippen molar-refractivity contribution in [3.63, 3.8) is 0 Å². The molecule has 2 rings (SSSR count). The van der Waals surface area contributed by atoms with Crippen molar-refractivity contribution in [1.29, 1.82) is 5.26 Å². The number of nitriles is 1. The number of H-pyrrole nitrogens is 1. The second-order valence-electron chi connectivity index (χ2n) is 4.91. The molecule has 0 fully saturated rings. The molecule has 23 heavy (non-hydrogen) atoms. The Morgan fingerprint density at radius 2 is 2.13 bits per heavy atom. The molecule has 0 bridgehead atoms. The summed E-state index contributed by atoms with van der Waals surface area (Å²) in [6, 6.07) is 9.40. The van der Waals surface area contributed by atoms with Gasteiger partial charge in [0.15, 0.2) is 5.82 Å². The van der Waals surface area contributed by atoms with Crippen LogP contribution in [0, 0.1) is 24.2 Å². The van der Waals surface area contributed by atoms with Gasteiger partial charge in [0.2, 0.25) is 0 Å². The number of hydrogen-bond donors (Lipinski definition) is 2. The third-order valence-corrected chi connectivity index (χ3v) is 3.31. The zero-order chi connectivity index (χ0) is 16.8. The van der Waals surface area contributed by atoms with E-state index >= 15 is 0 Å². The van der Waals surface area contributed by atoms with Crippen molar-refractivity contribution in [3.05, 3.63) is 35.7 Å². The Morgan fingerprint density at radius 3 is 2.70 bits per heavy atom. The Kier molecular flexibility index (Phi) is 5.41. The van der Waals surface area contributed by atoms with Gasteiger partial charge < -0.3 is 5.11 Å². The highest BCUT2D eigenvalue weighted by molar-refractivity contribution is 5.76. The summed E-state index contributed by atoms with van der Waals surface area (Å²) in [7, 11) is 1.29. The number of hydrogen-bond acceptors (Lipinski definition) is 6. The molecular weight excluding hydrogens is 300 g/mol. The van der Waals surface area contributed by atoms with E-state index in [0.717, 1.165) is 11.1 Å². The third kappa shape index (κ3) is 3.91. The molecule has 1 aromatic heterocycles. The van der Waals surface area contributed by atoms with E-state index in [9.17, 15) is 15.2 Å². The Morgan fingerprint density at radius 1 is 1.43 bits per heavy atom. The van der Waals surface area contributed by atoms with Crippen molar-refractivity contribution in [2.45, 2.75) is 12.8 Å². The van der Waals surface area contributed by atoms with Gasteiger partial charge in [-0.05, 0) is 6.92 Å². The third-order valence-electron chi connectivity index (χ3n) is 3.31. The van der Waals surface area contributed by atoms with Gasteiger partial charge in [0.05, 0.1) is 25.7 Å². The SMILES string of the molecule is COOCC(C#N)C(C(=O)O)c1nc(-c2ccc(C)cc2)n[nH]1. The number of aromatic nitrogens is 3. The van der Waals surface area contributed by atoms with Crippen LogP contribution >= 0.6 is 0 Å². The summed E-state index contributed by atoms with van der Waals surface area (Å²) >= 11 is 0. The normalized spacial score (nSPS) is 13.3. The van der Waals surface area contributed by atoms with Crippen LogP contribution in [0.15, 0.2) is 24.3 Å². The molecule has 120 valence electrons. The van der Waals surface area contributed by atoms with Crippen LogP contribution < -0.4 is 0 Å². The number of nitrogens with one attached hydrogen (secondary N) is 1. The average Bonchev–Trinajstić information content (AvgIpc) is 3.00. The molecule has 8 nitrogen and oxygen atoms in total. The molecule has 0 aliphatic heterocycles. The number of aryl methyl sites for hydroxylation is 1. The summed E-state index contributed by atoms with van der Waals surface area (Å²) in [6.45, 7) is 1.77. The highest BCUT2D eigenvalue weighted by atomic mass is 17.2. The highest BCUT2D eigenvalue weighted by Crippen LogP contribution is 2.25. The average molecular weight is 316 g/mol. The molecular formula is C15H16N4O4. The summed E-state index contributed by atoms with van der Waals surface area (Å²) in [5, 5.41) is 25.2. The first-order chi connectivity index (χ1) is 11.1. The van der Waals surface area contributed by atoms with Crippen molar-refractivity contribution in [2.24, 2.45) is 5.92 Å². The van der Waals surface area contributed by atoms with Crippen molar-refractivity contribution in [2.75, 3.05) is 13.7 Å². The van der Waals surface area contributed by atoms with E-state index in [1.54, 1.807) is 0 Å². The topological polar surface area (TPSA) is 121 Å². The van der Waals surface area contributed by atoms with E-state index in [1.807, 2.05) is 37.3 Å². The minimum Gasteiger partial charge on any atom is -0.481 e. The first-order valence-electron chi connectivity index (χ1n) is 6.84. The van der Waals surface area contributed by atoms with Gasteiger partial charge in [-0.3, -0.25) is 9.89 Å². The summed E-state index contributed by atoms with van der Waals surface area (Å²) in [5.41, 5.74) is 1.85. The number of carbonyl (C=O) groups is 1. The molecule has 0 spiro atoms. The van der Waals surface area contributed by atoms with E-state index in [0.29, 0.717) is 5.82 Å². The maximum atomic E-state index is 11.5. The maximum Gasteiger partial charge on any atom is 0.315 e. The van der Waals surface area contributed by atoms with Gasteiger partial charge in [-0.1, -0.05) is 29.8 Å². The number of aromatic amines is 1. The van der Waals surface area contributed by atoms with Crippen LogP contribution in [-0.4, -0.2) is 40.0 Å². The van der Waals surface area contributed by atoms with Crippen LogP contribution in [0.2, 0.25) is 0 Å². The predicted octanol–water partition coefficient (Wildman–Crippen LogP) is 1.67. The lowest BCUT2D eigenvalue weighted by molar-refractivity contribution is -0.277. The largest absolute Gasteiger partial charge is 0.481 e.